The van der Waals surface area contributed by atoms with Crippen LogP contribution in [0.3, 0.4) is 0 Å². The molecule has 232 valence electrons. The van der Waals surface area contributed by atoms with E-state index in [1.54, 1.807) is 12.2 Å². The minimum absolute atomic E-state index is 0.163. The monoisotopic (exact) mass is 598 g/mol. The largest absolute Gasteiger partial charge is 0.472 e. The zero-order valence-electron chi connectivity index (χ0n) is 24.0. The third-order valence-corrected chi connectivity index (χ3v) is 6.37. The van der Waals surface area contributed by atoms with Gasteiger partial charge in [-0.05, 0) is 17.7 Å². The smallest absolute Gasteiger partial charge is 0.303 e. The molecular formula is C27H34O15. The maximum absolute atomic E-state index is 12.1. The molecule has 0 saturated carbocycles. The minimum Gasteiger partial charge on any atom is -0.472 e. The van der Waals surface area contributed by atoms with E-state index in [0.717, 1.165) is 27.7 Å². The van der Waals surface area contributed by atoms with Crippen LogP contribution in [0.4, 0.5) is 0 Å². The van der Waals surface area contributed by atoms with Gasteiger partial charge in [-0.25, -0.2) is 0 Å². The van der Waals surface area contributed by atoms with Crippen LogP contribution in [0.15, 0.2) is 24.0 Å². The van der Waals surface area contributed by atoms with Gasteiger partial charge >= 0.3 is 35.8 Å². The van der Waals surface area contributed by atoms with Gasteiger partial charge in [0, 0.05) is 47.5 Å². The first kappa shape index (κ1) is 32.5. The van der Waals surface area contributed by atoms with E-state index in [0.29, 0.717) is 5.57 Å². The summed E-state index contributed by atoms with van der Waals surface area (Å²) in [5.74, 6) is -5.31. The number of fused-ring (bicyclic) bond motifs is 1. The summed E-state index contributed by atoms with van der Waals surface area (Å²) in [6, 6.07) is 0. The molecule has 3 rings (SSSR count). The molecule has 0 radical (unpaired) electrons. The van der Waals surface area contributed by atoms with Crippen molar-refractivity contribution in [3.63, 3.8) is 0 Å². The fourth-order valence-corrected chi connectivity index (χ4v) is 4.95. The van der Waals surface area contributed by atoms with Crippen LogP contribution >= 0.6 is 0 Å². The van der Waals surface area contributed by atoms with E-state index < -0.39 is 97.4 Å². The lowest BCUT2D eigenvalue weighted by Crippen LogP contribution is -2.63. The average Bonchev–Trinajstić information content (AvgIpc) is 3.22. The maximum Gasteiger partial charge on any atom is 0.303 e. The summed E-state index contributed by atoms with van der Waals surface area (Å²) in [5.41, 5.74) is 0.515. The van der Waals surface area contributed by atoms with Crippen LogP contribution < -0.4 is 0 Å². The second kappa shape index (κ2) is 14.3. The molecule has 2 aliphatic heterocycles. The minimum atomic E-state index is -1.52. The number of ether oxygens (including phenoxy) is 9. The third kappa shape index (κ3) is 8.52. The molecule has 1 fully saturated rings. The van der Waals surface area contributed by atoms with Crippen molar-refractivity contribution in [1.82, 2.24) is 0 Å². The van der Waals surface area contributed by atoms with Crippen molar-refractivity contribution in [2.24, 2.45) is 11.8 Å². The van der Waals surface area contributed by atoms with Crippen molar-refractivity contribution >= 4 is 35.8 Å². The Bertz CT molecular complexity index is 1130. The molecule has 0 amide bonds. The molecular weight excluding hydrogens is 564 g/mol. The Morgan fingerprint density at radius 2 is 1.26 bits per heavy atom. The van der Waals surface area contributed by atoms with Gasteiger partial charge in [-0.15, -0.1) is 0 Å². The van der Waals surface area contributed by atoms with Crippen LogP contribution in [-0.4, -0.2) is 92.1 Å². The number of carbonyl (C=O) groups excluding carboxylic acids is 6. The summed E-state index contributed by atoms with van der Waals surface area (Å²) in [5, 5.41) is 0. The first-order valence-corrected chi connectivity index (χ1v) is 13.1. The highest BCUT2D eigenvalue weighted by Gasteiger charge is 2.55. The predicted octanol–water partition coefficient (Wildman–Crippen LogP) is 0.623. The van der Waals surface area contributed by atoms with E-state index in [4.69, 9.17) is 42.6 Å². The molecule has 0 aromatic carbocycles. The Hall–Kier alpha value is -3.98. The Morgan fingerprint density at radius 3 is 1.83 bits per heavy atom. The van der Waals surface area contributed by atoms with E-state index in [2.05, 4.69) is 0 Å². The summed E-state index contributed by atoms with van der Waals surface area (Å²) in [6.45, 7) is 6.34. The Kier molecular flexibility index (Phi) is 11.1. The molecule has 3 aliphatic rings. The molecule has 1 saturated heterocycles. The summed E-state index contributed by atoms with van der Waals surface area (Å²) < 4.78 is 49.9. The zero-order valence-corrected chi connectivity index (χ0v) is 24.0. The van der Waals surface area contributed by atoms with Gasteiger partial charge in [-0.3, -0.25) is 28.8 Å². The average molecular weight is 599 g/mol. The van der Waals surface area contributed by atoms with Gasteiger partial charge in [0.25, 0.3) is 0 Å². The molecule has 1 aliphatic carbocycles. The number of hydrogen-bond donors (Lipinski definition) is 0. The first-order valence-electron chi connectivity index (χ1n) is 13.1. The summed E-state index contributed by atoms with van der Waals surface area (Å²) >= 11 is 0. The fourth-order valence-electron chi connectivity index (χ4n) is 4.95. The van der Waals surface area contributed by atoms with E-state index >= 15 is 0 Å². The lowest BCUT2D eigenvalue weighted by atomic mass is 9.88. The van der Waals surface area contributed by atoms with Gasteiger partial charge in [0.1, 0.15) is 25.4 Å². The van der Waals surface area contributed by atoms with E-state index in [1.165, 1.54) is 20.1 Å². The van der Waals surface area contributed by atoms with Crippen LogP contribution in [0, 0.1) is 11.8 Å². The predicted molar refractivity (Wildman–Crippen MR) is 134 cm³/mol. The van der Waals surface area contributed by atoms with Crippen LogP contribution in [0.1, 0.15) is 41.5 Å². The highest BCUT2D eigenvalue weighted by molar-refractivity contribution is 5.69. The van der Waals surface area contributed by atoms with Gasteiger partial charge in [0.15, 0.2) is 18.3 Å². The van der Waals surface area contributed by atoms with Gasteiger partial charge in [0.2, 0.25) is 12.6 Å². The molecule has 0 N–H and O–H groups in total. The third-order valence-electron chi connectivity index (χ3n) is 6.37. The van der Waals surface area contributed by atoms with Crippen molar-refractivity contribution in [3.8, 4) is 0 Å². The molecule has 2 heterocycles. The highest BCUT2D eigenvalue weighted by atomic mass is 16.8. The molecule has 15 nitrogen and oxygen atoms in total. The second-order valence-electron chi connectivity index (χ2n) is 9.74. The quantitative estimate of drug-likeness (QED) is 0.193. The molecule has 0 aromatic rings. The van der Waals surface area contributed by atoms with Crippen molar-refractivity contribution in [3.05, 3.63) is 24.0 Å². The molecule has 0 aromatic heterocycles. The number of esters is 6. The number of hydrogen-bond acceptors (Lipinski definition) is 15. The topological polar surface area (TPSA) is 185 Å². The molecule has 15 heteroatoms. The van der Waals surface area contributed by atoms with E-state index in [9.17, 15) is 28.8 Å². The maximum atomic E-state index is 12.1. The van der Waals surface area contributed by atoms with E-state index in [-0.39, 0.29) is 6.61 Å². The summed E-state index contributed by atoms with van der Waals surface area (Å²) in [6.07, 6.45) is -4.37. The normalized spacial score (nSPS) is 31.4. The fraction of sp³-hybridized carbons (Fsp3) is 0.630. The molecule has 0 bridgehead atoms. The lowest BCUT2D eigenvalue weighted by Gasteiger charge is -2.45. The molecule has 0 spiro atoms. The SMILES string of the molecule is CC(=O)OCC1=C[C@H](OC(C)=O)[C@@H]2C=CO[C@@H](O[C@H]3O[C@@H](COC(C)=O)[C@H](OC(C)=O)[C@@H](OC(C)=O)[C@@H]3OC(C)=O)[C@H]12. The standard InChI is InChI=1S/C27H34O15/c1-12(28)35-10-18-9-20(37-14(3)30)19-7-8-34-26(22(18)19)42-27-25(40-17(6)33)24(39-16(5)32)23(38-15(4)31)21(41-27)11-36-13(2)29/h7-9,19-27H,10-11H2,1-6H3/t19-,20-,21-,22+,23-,24+,25-,26-,27+/m0/s1. The molecule has 42 heavy (non-hydrogen) atoms. The molecule has 9 atom stereocenters. The van der Waals surface area contributed by atoms with Crippen molar-refractivity contribution in [1.29, 1.82) is 0 Å². The number of carbonyl (C=O) groups is 6. The van der Waals surface area contributed by atoms with Crippen LogP contribution in [0.5, 0.6) is 0 Å². The second-order valence-corrected chi connectivity index (χ2v) is 9.74. The van der Waals surface area contributed by atoms with E-state index in [1.807, 2.05) is 0 Å². The first-order chi connectivity index (χ1) is 19.8. The van der Waals surface area contributed by atoms with Gasteiger partial charge in [-0.2, -0.15) is 0 Å². The Morgan fingerprint density at radius 1 is 0.690 bits per heavy atom. The molecule has 0 unspecified atom stereocenters. The van der Waals surface area contributed by atoms with Crippen LogP contribution in [0.25, 0.3) is 0 Å². The van der Waals surface area contributed by atoms with Crippen LogP contribution in [-0.2, 0) is 71.4 Å². The van der Waals surface area contributed by atoms with Crippen molar-refractivity contribution in [2.75, 3.05) is 13.2 Å². The van der Waals surface area contributed by atoms with Crippen molar-refractivity contribution < 1.29 is 71.4 Å². The Balaban J connectivity index is 1.99. The van der Waals surface area contributed by atoms with Gasteiger partial charge < -0.3 is 42.6 Å². The zero-order chi connectivity index (χ0) is 31.1. The highest BCUT2D eigenvalue weighted by Crippen LogP contribution is 2.43. The van der Waals surface area contributed by atoms with Gasteiger partial charge in [-0.1, -0.05) is 0 Å². The van der Waals surface area contributed by atoms with Crippen LogP contribution in [0.2, 0.25) is 0 Å². The lowest BCUT2D eigenvalue weighted by molar-refractivity contribution is -0.342. The Labute approximate surface area is 241 Å². The van der Waals surface area contributed by atoms with Gasteiger partial charge in [0.05, 0.1) is 12.2 Å². The number of rotatable bonds is 10. The summed E-state index contributed by atoms with van der Waals surface area (Å²) in [4.78, 5) is 71.1. The van der Waals surface area contributed by atoms with Crippen molar-refractivity contribution in [2.45, 2.75) is 84.6 Å². The summed E-state index contributed by atoms with van der Waals surface area (Å²) in [7, 11) is 0.